The number of rotatable bonds is 5. The summed E-state index contributed by atoms with van der Waals surface area (Å²) in [5, 5.41) is 0. The third-order valence-electron chi connectivity index (χ3n) is 7.40. The second kappa shape index (κ2) is 8.95. The number of ether oxygens (including phenoxy) is 1. The van der Waals surface area contributed by atoms with E-state index in [1.807, 2.05) is 4.57 Å². The Bertz CT molecular complexity index is 1710. The van der Waals surface area contributed by atoms with Crippen molar-refractivity contribution in [2.75, 3.05) is 20.4 Å². The number of carbonyl (C=O) groups excluding carboxylic acids is 1. The number of imidazole rings is 1. The number of nitrogens with zero attached hydrogens (tertiary/aromatic N) is 3. The Labute approximate surface area is 221 Å². The lowest BCUT2D eigenvalue weighted by molar-refractivity contribution is -0.0507. The second-order valence-corrected chi connectivity index (χ2v) is 13.9. The molecule has 0 aliphatic carbocycles. The van der Waals surface area contributed by atoms with Crippen molar-refractivity contribution in [1.29, 1.82) is 0 Å². The molecule has 2 aliphatic rings. The number of hydrogen-bond donors (Lipinski definition) is 0. The van der Waals surface area contributed by atoms with E-state index in [0.717, 1.165) is 12.1 Å². The summed E-state index contributed by atoms with van der Waals surface area (Å²) in [6.45, 7) is -0.0389. The number of alkyl halides is 2. The number of halogens is 4. The number of benzene rings is 3. The minimum absolute atomic E-state index is 0.0309. The summed E-state index contributed by atoms with van der Waals surface area (Å²) in [4.78, 5) is 19.5. The molecule has 11 heteroatoms. The van der Waals surface area contributed by atoms with Gasteiger partial charge < -0.3 is 18.8 Å². The Kier molecular flexibility index (Phi) is 5.88. The number of fused-ring (bicyclic) bond motifs is 9. The molecule has 3 aromatic carbocycles. The Hall–Kier alpha value is -3.65. The standard InChI is InChI=1S/C28H24F4N3O3P/c1-34-23-12-22(25-16(27(34)36)5-4-6-24(25)38-28(31)32)35-21-10-14(7-8-20(21)33-26(23)35)17-11-18(29)15(9-19(17)30)13-39(2,3)37/h4-11,22-23,28H,12-13H2,1-3H3/t22-,23-/m1/s1. The molecule has 39 heavy (non-hydrogen) atoms. The van der Waals surface area contributed by atoms with Crippen molar-refractivity contribution in [3.05, 3.63) is 82.7 Å². The molecule has 0 spiro atoms. The smallest absolute Gasteiger partial charge is 0.387 e. The predicted octanol–water partition coefficient (Wildman–Crippen LogP) is 6.83. The molecule has 1 amide bonds. The third-order valence-corrected chi connectivity index (χ3v) is 8.51. The molecule has 0 radical (unpaired) electrons. The Morgan fingerprint density at radius 3 is 2.54 bits per heavy atom. The molecule has 2 atom stereocenters. The van der Waals surface area contributed by atoms with Crippen LogP contribution in [0, 0.1) is 11.6 Å². The van der Waals surface area contributed by atoms with Crippen LogP contribution in [0.1, 0.15) is 45.8 Å². The van der Waals surface area contributed by atoms with Gasteiger partial charge in [-0.2, -0.15) is 8.78 Å². The van der Waals surface area contributed by atoms with Crippen molar-refractivity contribution >= 4 is 24.1 Å². The molecule has 0 N–H and O–H groups in total. The number of amides is 1. The summed E-state index contributed by atoms with van der Waals surface area (Å²) >= 11 is 0. The summed E-state index contributed by atoms with van der Waals surface area (Å²) in [5.41, 5.74) is 2.23. The fraction of sp³-hybridized carbons (Fsp3) is 0.286. The minimum Gasteiger partial charge on any atom is -0.434 e. The maximum absolute atomic E-state index is 15.2. The van der Waals surface area contributed by atoms with E-state index in [4.69, 9.17) is 9.72 Å². The van der Waals surface area contributed by atoms with Gasteiger partial charge in [-0.3, -0.25) is 4.79 Å². The molecule has 0 saturated heterocycles. The molecule has 6 nitrogen and oxygen atoms in total. The highest BCUT2D eigenvalue weighted by Crippen LogP contribution is 2.50. The summed E-state index contributed by atoms with van der Waals surface area (Å²) < 4.78 is 75.6. The molecule has 2 aliphatic heterocycles. The van der Waals surface area contributed by atoms with Crippen LogP contribution < -0.4 is 4.74 Å². The van der Waals surface area contributed by atoms with Crippen molar-refractivity contribution in [3.63, 3.8) is 0 Å². The molecule has 3 heterocycles. The zero-order valence-electron chi connectivity index (χ0n) is 21.3. The van der Waals surface area contributed by atoms with Gasteiger partial charge in [0.05, 0.1) is 30.3 Å². The van der Waals surface area contributed by atoms with Gasteiger partial charge in [0.15, 0.2) is 0 Å². The first-order valence-corrected chi connectivity index (χ1v) is 15.1. The normalized spacial score (nSPS) is 18.5. The first-order chi connectivity index (χ1) is 18.4. The molecule has 1 aromatic heterocycles. The molecule has 0 saturated carbocycles. The van der Waals surface area contributed by atoms with E-state index in [0.29, 0.717) is 34.4 Å². The first-order valence-electron chi connectivity index (χ1n) is 12.3. The van der Waals surface area contributed by atoms with Crippen molar-refractivity contribution in [2.24, 2.45) is 0 Å². The quantitative estimate of drug-likeness (QED) is 0.200. The van der Waals surface area contributed by atoms with E-state index >= 15 is 4.39 Å². The Morgan fingerprint density at radius 2 is 1.82 bits per heavy atom. The van der Waals surface area contributed by atoms with Crippen LogP contribution in [0.5, 0.6) is 5.75 Å². The topological polar surface area (TPSA) is 64.4 Å². The molecule has 4 aromatic rings. The SMILES string of the molecule is CN1C(=O)c2cccc(OC(F)F)c2[C@H]2C[C@@H]1c1nc3ccc(-c4cc(F)c(CP(C)(C)=O)cc4F)cc3n12. The van der Waals surface area contributed by atoms with Gasteiger partial charge in [0, 0.05) is 36.3 Å². The molecule has 6 rings (SSSR count). The van der Waals surface area contributed by atoms with Crippen LogP contribution in [0.25, 0.3) is 22.2 Å². The largest absolute Gasteiger partial charge is 0.434 e. The van der Waals surface area contributed by atoms with E-state index in [9.17, 15) is 22.5 Å². The number of aromatic nitrogens is 2. The van der Waals surface area contributed by atoms with Crippen LogP contribution >= 0.6 is 7.14 Å². The average molecular weight is 557 g/mol. The lowest BCUT2D eigenvalue weighted by Crippen LogP contribution is -2.30. The molecular weight excluding hydrogens is 533 g/mol. The molecule has 2 bridgehead atoms. The van der Waals surface area contributed by atoms with E-state index in [1.165, 1.54) is 25.5 Å². The average Bonchev–Trinajstić information content (AvgIpc) is 3.37. The fourth-order valence-electron chi connectivity index (χ4n) is 5.79. The van der Waals surface area contributed by atoms with Crippen molar-refractivity contribution in [1.82, 2.24) is 14.5 Å². The van der Waals surface area contributed by atoms with Gasteiger partial charge in [0.1, 0.15) is 23.2 Å². The summed E-state index contributed by atoms with van der Waals surface area (Å²) in [6, 6.07) is 10.7. The Balaban J connectivity index is 1.52. The summed E-state index contributed by atoms with van der Waals surface area (Å²) in [7, 11) is -0.978. The molecule has 0 fully saturated rings. The molecule has 0 unspecified atom stereocenters. The van der Waals surface area contributed by atoms with E-state index in [-0.39, 0.29) is 34.5 Å². The molecule has 202 valence electrons. The zero-order chi connectivity index (χ0) is 27.8. The Morgan fingerprint density at radius 1 is 1.05 bits per heavy atom. The van der Waals surface area contributed by atoms with Crippen LogP contribution in [-0.2, 0) is 10.7 Å². The van der Waals surface area contributed by atoms with Gasteiger partial charge in [-0.25, -0.2) is 13.8 Å². The lowest BCUT2D eigenvalue weighted by Gasteiger charge is -2.24. The minimum atomic E-state index is -3.08. The van der Waals surface area contributed by atoms with Gasteiger partial charge in [0.2, 0.25) is 0 Å². The highest BCUT2D eigenvalue weighted by Gasteiger charge is 2.45. The van der Waals surface area contributed by atoms with Crippen molar-refractivity contribution in [3.8, 4) is 16.9 Å². The highest BCUT2D eigenvalue weighted by molar-refractivity contribution is 7.61. The number of carbonyl (C=O) groups is 1. The first kappa shape index (κ1) is 25.6. The van der Waals surface area contributed by atoms with Crippen LogP contribution in [0.15, 0.2) is 48.5 Å². The second-order valence-electron chi connectivity index (χ2n) is 10.5. The van der Waals surface area contributed by atoms with E-state index in [2.05, 4.69) is 0 Å². The maximum Gasteiger partial charge on any atom is 0.387 e. The summed E-state index contributed by atoms with van der Waals surface area (Å²) in [5.74, 6) is -1.14. The van der Waals surface area contributed by atoms with E-state index in [1.54, 1.807) is 36.2 Å². The van der Waals surface area contributed by atoms with E-state index < -0.39 is 37.5 Å². The predicted molar refractivity (Wildman–Crippen MR) is 139 cm³/mol. The fourth-order valence-corrected chi connectivity index (χ4v) is 6.85. The van der Waals surface area contributed by atoms with Crippen molar-refractivity contribution in [2.45, 2.75) is 31.3 Å². The molecular formula is C28H24F4N3O3P. The zero-order valence-corrected chi connectivity index (χ0v) is 22.2. The van der Waals surface area contributed by atoms with Gasteiger partial charge in [0.25, 0.3) is 5.91 Å². The van der Waals surface area contributed by atoms with Crippen LogP contribution in [0.2, 0.25) is 0 Å². The van der Waals surface area contributed by atoms with Gasteiger partial charge in [-0.1, -0.05) is 12.1 Å². The number of hydrogen-bond acceptors (Lipinski definition) is 4. The lowest BCUT2D eigenvalue weighted by atomic mass is 9.97. The van der Waals surface area contributed by atoms with Gasteiger partial charge in [-0.15, -0.1) is 0 Å². The van der Waals surface area contributed by atoms with Crippen LogP contribution in [0.3, 0.4) is 0 Å². The van der Waals surface area contributed by atoms with Crippen LogP contribution in [-0.4, -0.2) is 47.3 Å². The monoisotopic (exact) mass is 557 g/mol. The maximum atomic E-state index is 15.2. The van der Waals surface area contributed by atoms with Crippen LogP contribution in [0.4, 0.5) is 17.6 Å². The van der Waals surface area contributed by atoms with Crippen molar-refractivity contribution < 1.29 is 31.7 Å². The highest BCUT2D eigenvalue weighted by atomic mass is 31.2. The van der Waals surface area contributed by atoms with Gasteiger partial charge in [-0.05, 0) is 60.9 Å². The van der Waals surface area contributed by atoms with Gasteiger partial charge >= 0.3 is 6.61 Å². The third kappa shape index (κ3) is 4.22. The summed E-state index contributed by atoms with van der Waals surface area (Å²) in [6.07, 6.45) is 0.343.